The molecule has 6 heteroatoms. The maximum atomic E-state index is 4.74. The van der Waals surface area contributed by atoms with Crippen LogP contribution >= 0.6 is 0 Å². The molecule has 0 radical (unpaired) electrons. The van der Waals surface area contributed by atoms with E-state index in [2.05, 4.69) is 308 Å². The van der Waals surface area contributed by atoms with E-state index in [9.17, 15) is 0 Å². The van der Waals surface area contributed by atoms with Gasteiger partial charge in [-0.2, -0.15) is 0 Å². The zero-order valence-corrected chi connectivity index (χ0v) is 62.2. The molecule has 0 bridgehead atoms. The van der Waals surface area contributed by atoms with Crippen molar-refractivity contribution in [2.75, 3.05) is 0 Å². The minimum atomic E-state index is -0.00177. The molecule has 0 N–H and O–H groups in total. The SMILES string of the molecule is CC1=C(c2cc(-c3cc(C)c(C)cc3-c3ccc(-c4ccccn4)cc3)cc(-c3cccc(-c4cc(C5=C(c6ccc(-c7ccccn7)cc6)C=CC(C)C#C5)cc(-c5cc(C)c(C)cc5-c5ccc(-c6ccccn6)cc5)c4)c3-c3ccc(-c4ncccn4)cc3)c2)C(c2ccc(-c3ccccn3)cc2)=CCC#C1. The average molecular weight is 1410 g/mol. The van der Waals surface area contributed by atoms with Gasteiger partial charge < -0.3 is 0 Å². The second-order valence-corrected chi connectivity index (χ2v) is 28.4. The molecule has 2 aliphatic rings. The maximum Gasteiger partial charge on any atom is 0.159 e. The number of aryl methyl sites for hydroxylation is 4. The highest BCUT2D eigenvalue weighted by Crippen LogP contribution is 2.49. The zero-order chi connectivity index (χ0) is 74.6. The van der Waals surface area contributed by atoms with E-state index in [1.165, 1.54) is 22.3 Å². The van der Waals surface area contributed by atoms with Gasteiger partial charge in [-0.15, -0.1) is 0 Å². The van der Waals surface area contributed by atoms with E-state index in [1.807, 2.05) is 79.4 Å². The lowest BCUT2D eigenvalue weighted by molar-refractivity contribution is 0.983. The van der Waals surface area contributed by atoms with Gasteiger partial charge in [0.15, 0.2) is 5.82 Å². The molecule has 2 aliphatic carbocycles. The number of hydrogen-bond acceptors (Lipinski definition) is 6. The van der Waals surface area contributed by atoms with Crippen LogP contribution < -0.4 is 0 Å². The van der Waals surface area contributed by atoms with E-state index in [0.717, 1.165) is 179 Å². The van der Waals surface area contributed by atoms with E-state index in [-0.39, 0.29) is 5.92 Å². The van der Waals surface area contributed by atoms with Crippen LogP contribution in [0.3, 0.4) is 0 Å². The highest BCUT2D eigenvalue weighted by Gasteiger charge is 2.25. The van der Waals surface area contributed by atoms with Crippen LogP contribution in [0.1, 0.15) is 64.8 Å². The monoisotopic (exact) mass is 1410 g/mol. The number of allylic oxidation sites excluding steroid dienone is 8. The topological polar surface area (TPSA) is 77.3 Å². The molecule has 110 heavy (non-hydrogen) atoms. The van der Waals surface area contributed by atoms with Gasteiger partial charge in [0.2, 0.25) is 0 Å². The highest BCUT2D eigenvalue weighted by atomic mass is 14.8. The van der Waals surface area contributed by atoms with Crippen LogP contribution in [0.4, 0.5) is 0 Å². The van der Waals surface area contributed by atoms with Gasteiger partial charge in [0, 0.05) is 94.1 Å². The molecule has 1 atom stereocenters. The van der Waals surface area contributed by atoms with E-state index in [1.54, 1.807) is 12.4 Å². The summed E-state index contributed by atoms with van der Waals surface area (Å²) < 4.78 is 0. The third-order valence-corrected chi connectivity index (χ3v) is 21.2. The number of benzene rings is 10. The lowest BCUT2D eigenvalue weighted by Crippen LogP contribution is -1.99. The smallest absolute Gasteiger partial charge is 0.159 e. The number of aromatic nitrogens is 6. The minimum Gasteiger partial charge on any atom is -0.256 e. The van der Waals surface area contributed by atoms with Crippen molar-refractivity contribution < 1.29 is 0 Å². The normalized spacial score (nSPS) is 13.2. The summed E-state index contributed by atoms with van der Waals surface area (Å²) in [6, 6.07) is 101. The fourth-order valence-electron chi connectivity index (χ4n) is 15.2. The van der Waals surface area contributed by atoms with Gasteiger partial charge in [-0.1, -0.05) is 230 Å². The van der Waals surface area contributed by atoms with Gasteiger partial charge in [0.05, 0.1) is 22.8 Å². The Morgan fingerprint density at radius 2 is 0.673 bits per heavy atom. The molecule has 0 spiro atoms. The van der Waals surface area contributed by atoms with Crippen molar-refractivity contribution >= 4 is 22.3 Å². The molecule has 522 valence electrons. The molecule has 0 amide bonds. The molecule has 0 saturated heterocycles. The predicted molar refractivity (Wildman–Crippen MR) is 456 cm³/mol. The number of hydrogen-bond donors (Lipinski definition) is 0. The van der Waals surface area contributed by atoms with Crippen molar-refractivity contribution in [1.82, 2.24) is 29.9 Å². The first-order chi connectivity index (χ1) is 54.0. The van der Waals surface area contributed by atoms with Crippen LogP contribution in [0.2, 0.25) is 0 Å². The lowest BCUT2D eigenvalue weighted by Gasteiger charge is -2.22. The van der Waals surface area contributed by atoms with E-state index >= 15 is 0 Å². The van der Waals surface area contributed by atoms with Gasteiger partial charge in [-0.3, -0.25) is 19.9 Å². The number of rotatable bonds is 16. The molecule has 5 heterocycles. The lowest BCUT2D eigenvalue weighted by atomic mass is 9.81. The molecule has 0 saturated carbocycles. The summed E-state index contributed by atoms with van der Waals surface area (Å²) in [5, 5.41) is 0. The zero-order valence-electron chi connectivity index (χ0n) is 62.2. The first-order valence-corrected chi connectivity index (χ1v) is 37.5. The quantitative estimate of drug-likeness (QED) is 0.0897. The second kappa shape index (κ2) is 30.4. The Bertz CT molecular complexity index is 6270. The molecule has 0 fully saturated rings. The Morgan fingerprint density at radius 1 is 0.300 bits per heavy atom. The number of pyridine rings is 4. The largest absolute Gasteiger partial charge is 0.256 e. The van der Waals surface area contributed by atoms with Crippen molar-refractivity contribution in [1.29, 1.82) is 0 Å². The summed E-state index contributed by atoms with van der Waals surface area (Å²) >= 11 is 0. The fourth-order valence-corrected chi connectivity index (χ4v) is 15.2. The van der Waals surface area contributed by atoms with Crippen molar-refractivity contribution in [3.05, 3.63) is 385 Å². The summed E-state index contributed by atoms with van der Waals surface area (Å²) in [6.45, 7) is 13.2. The second-order valence-electron chi connectivity index (χ2n) is 28.4. The molecule has 10 aromatic carbocycles. The van der Waals surface area contributed by atoms with E-state index in [0.29, 0.717) is 12.2 Å². The molecule has 1 unspecified atom stereocenters. The summed E-state index contributed by atoms with van der Waals surface area (Å²) in [5.74, 6) is 15.3. The Kier molecular flexibility index (Phi) is 19.1. The first-order valence-electron chi connectivity index (χ1n) is 37.5. The summed E-state index contributed by atoms with van der Waals surface area (Å²) in [5.41, 5.74) is 38.1. The van der Waals surface area contributed by atoms with E-state index < -0.39 is 0 Å². The van der Waals surface area contributed by atoms with Crippen LogP contribution in [0.5, 0.6) is 0 Å². The van der Waals surface area contributed by atoms with Crippen LogP contribution in [0.15, 0.2) is 340 Å². The van der Waals surface area contributed by atoms with Crippen molar-refractivity contribution in [3.63, 3.8) is 0 Å². The Morgan fingerprint density at radius 3 is 1.12 bits per heavy atom. The molecule has 0 aliphatic heterocycles. The summed E-state index contributed by atoms with van der Waals surface area (Å²) in [6.07, 6.45) is 18.4. The van der Waals surface area contributed by atoms with Crippen molar-refractivity contribution in [2.24, 2.45) is 5.92 Å². The fraction of sp³-hybridized carbons (Fsp3) is 0.0769. The molecule has 5 aromatic heterocycles. The Balaban J connectivity index is 0.929. The standard InChI is InChI=1S/C104H76N6/c1-67-27-49-89(73-29-37-77(38-30-73)98-23-9-13-51-105-98)90(50-28-67)83-61-84(63-86(62-83)96-59-71(5)69(3)57-94(96)75-33-41-79(42-34-75)100-25-11-15-53-107-100)92-21-17-22-93(103(92)81-45-47-82(48-46-81)104-109-55-18-56-110-104)85-64-87(97-60-72(6)70(4)58-95(97)76-35-43-80(44-36-76)101-26-12-16-54-108-101)66-88(65-85)102-68(2)19-7-8-20-91(102)74-31-39-78(40-32-74)99-24-10-14-52-106-99/h9-18,20-27,29-49,51-67H,8H2,1-6H3. The van der Waals surface area contributed by atoms with Crippen LogP contribution in [-0.4, -0.2) is 29.9 Å². The van der Waals surface area contributed by atoms with Gasteiger partial charge in [-0.25, -0.2) is 9.97 Å². The van der Waals surface area contributed by atoms with E-state index in [4.69, 9.17) is 29.9 Å². The summed E-state index contributed by atoms with van der Waals surface area (Å²) in [7, 11) is 0. The minimum absolute atomic E-state index is 0.00177. The van der Waals surface area contributed by atoms with Crippen LogP contribution in [-0.2, 0) is 0 Å². The van der Waals surface area contributed by atoms with Gasteiger partial charge in [0.1, 0.15) is 0 Å². The third-order valence-electron chi connectivity index (χ3n) is 21.2. The Hall–Kier alpha value is -14.0. The van der Waals surface area contributed by atoms with Gasteiger partial charge >= 0.3 is 0 Å². The molecule has 6 nitrogen and oxygen atoms in total. The van der Waals surface area contributed by atoms with Gasteiger partial charge in [-0.05, 0) is 266 Å². The molecular weight excluding hydrogens is 1330 g/mol. The first kappa shape index (κ1) is 69.0. The van der Waals surface area contributed by atoms with Crippen LogP contribution in [0, 0.1) is 57.3 Å². The number of nitrogens with zero attached hydrogens (tertiary/aromatic N) is 6. The average Bonchev–Trinajstić information content (AvgIpc) is 0.893. The summed E-state index contributed by atoms with van der Waals surface area (Å²) in [4.78, 5) is 28.4. The predicted octanol–water partition coefficient (Wildman–Crippen LogP) is 25.7. The van der Waals surface area contributed by atoms with Crippen molar-refractivity contribution in [3.8, 4) is 158 Å². The van der Waals surface area contributed by atoms with Crippen LogP contribution in [0.25, 0.3) is 157 Å². The molecule has 17 rings (SSSR count). The highest BCUT2D eigenvalue weighted by molar-refractivity contribution is 6.10. The molecule has 15 aromatic rings. The van der Waals surface area contributed by atoms with Crippen molar-refractivity contribution in [2.45, 2.75) is 48.0 Å². The Labute approximate surface area is 644 Å². The maximum absolute atomic E-state index is 4.74. The van der Waals surface area contributed by atoms with Gasteiger partial charge in [0.25, 0.3) is 0 Å². The molecular formula is C104H76N6. The third kappa shape index (κ3) is 14.2.